The molecule has 8 aromatic rings. The topological polar surface area (TPSA) is 12.9 Å². The van der Waals surface area contributed by atoms with Crippen LogP contribution in [0.15, 0.2) is 192 Å². The van der Waals surface area contributed by atoms with Crippen LogP contribution in [0.5, 0.6) is 0 Å². The van der Waals surface area contributed by atoms with Crippen LogP contribution in [0.1, 0.15) is 30.5 Å². The minimum Gasteiger partial charge on any atom is -0.249 e. The molecule has 53 heavy (non-hydrogen) atoms. The number of benzene rings is 7. The van der Waals surface area contributed by atoms with Gasteiger partial charge in [0.1, 0.15) is 5.03 Å². The fourth-order valence-electron chi connectivity index (χ4n) is 8.10. The Morgan fingerprint density at radius 3 is 1.42 bits per heavy atom. The second kappa shape index (κ2) is 13.5. The van der Waals surface area contributed by atoms with Crippen molar-refractivity contribution in [3.63, 3.8) is 0 Å². The fraction of sp³-hybridized carbons (Fsp3) is 0.0784. The van der Waals surface area contributed by atoms with Crippen molar-refractivity contribution in [3.05, 3.63) is 199 Å². The Morgan fingerprint density at radius 1 is 0.415 bits per heavy atom. The fourth-order valence-corrected chi connectivity index (χ4v) is 9.66. The third-order valence-electron chi connectivity index (χ3n) is 10.8. The molecule has 0 N–H and O–H groups in total. The standard InChI is InChI=1S/C51H39NS/c1-34-26-31-43-49(53-50-44(51(43,2)3)25-16-32-52-50)45(34)40-29-27-36(28-30-40)42-33-41(35-17-8-4-9-18-35)46(37-19-10-5-11-20-37)48(39-23-14-7-15-24-39)47(42)38-21-12-6-13-22-38/h4-33H,1-3H3. The van der Waals surface area contributed by atoms with Gasteiger partial charge in [-0.2, -0.15) is 0 Å². The third kappa shape index (κ3) is 5.80. The Morgan fingerprint density at radius 2 is 0.868 bits per heavy atom. The molecule has 0 spiro atoms. The Bertz CT molecular complexity index is 2570. The first-order chi connectivity index (χ1) is 26.0. The van der Waals surface area contributed by atoms with Crippen molar-refractivity contribution in [2.24, 2.45) is 0 Å². The van der Waals surface area contributed by atoms with Crippen LogP contribution >= 0.6 is 11.8 Å². The normalized spacial score (nSPS) is 12.9. The Kier molecular flexibility index (Phi) is 8.41. The van der Waals surface area contributed by atoms with Crippen LogP contribution in [0.25, 0.3) is 66.8 Å². The molecule has 7 aromatic carbocycles. The highest BCUT2D eigenvalue weighted by molar-refractivity contribution is 7.99. The summed E-state index contributed by atoms with van der Waals surface area (Å²) in [6.45, 7) is 6.89. The Hall–Kier alpha value is -5.96. The van der Waals surface area contributed by atoms with Crippen molar-refractivity contribution >= 4 is 11.8 Å². The first-order valence-corrected chi connectivity index (χ1v) is 19.1. The molecule has 0 fully saturated rings. The van der Waals surface area contributed by atoms with Gasteiger partial charge in [-0.25, -0.2) is 4.98 Å². The van der Waals surface area contributed by atoms with E-state index < -0.39 is 0 Å². The number of pyridine rings is 1. The minimum atomic E-state index is -0.140. The number of nitrogens with zero attached hydrogens (tertiary/aromatic N) is 1. The molecule has 0 unspecified atom stereocenters. The highest BCUT2D eigenvalue weighted by Crippen LogP contribution is 2.53. The van der Waals surface area contributed by atoms with Gasteiger partial charge in [0, 0.05) is 16.5 Å². The summed E-state index contributed by atoms with van der Waals surface area (Å²) in [6.07, 6.45) is 1.91. The Balaban J connectivity index is 1.30. The van der Waals surface area contributed by atoms with Gasteiger partial charge in [0.15, 0.2) is 0 Å². The molecule has 0 atom stereocenters. The lowest BCUT2D eigenvalue weighted by atomic mass is 9.77. The summed E-state index contributed by atoms with van der Waals surface area (Å²) in [5, 5.41) is 1.10. The highest BCUT2D eigenvalue weighted by Gasteiger charge is 2.35. The third-order valence-corrected chi connectivity index (χ3v) is 11.9. The molecule has 1 aliphatic heterocycles. The average molecular weight is 698 g/mol. The number of aryl methyl sites for hydroxylation is 1. The van der Waals surface area contributed by atoms with E-state index in [9.17, 15) is 0 Å². The lowest BCUT2D eigenvalue weighted by molar-refractivity contribution is 0.599. The summed E-state index contributed by atoms with van der Waals surface area (Å²) in [5.74, 6) is 0. The molecule has 1 nitrogen and oxygen atoms in total. The van der Waals surface area contributed by atoms with Gasteiger partial charge in [-0.1, -0.05) is 189 Å². The smallest absolute Gasteiger partial charge is 0.105 e. The van der Waals surface area contributed by atoms with Crippen LogP contribution in [0.3, 0.4) is 0 Å². The lowest BCUT2D eigenvalue weighted by Crippen LogP contribution is -2.24. The predicted molar refractivity (Wildman–Crippen MR) is 224 cm³/mol. The average Bonchev–Trinajstić information content (AvgIpc) is 3.21. The van der Waals surface area contributed by atoms with Crippen molar-refractivity contribution in [3.8, 4) is 66.8 Å². The van der Waals surface area contributed by atoms with Crippen molar-refractivity contribution < 1.29 is 0 Å². The molecule has 0 bridgehead atoms. The van der Waals surface area contributed by atoms with Crippen molar-refractivity contribution in [1.29, 1.82) is 0 Å². The highest BCUT2D eigenvalue weighted by atomic mass is 32.2. The van der Waals surface area contributed by atoms with Gasteiger partial charge in [-0.15, -0.1) is 0 Å². The van der Waals surface area contributed by atoms with Crippen molar-refractivity contribution in [2.45, 2.75) is 36.1 Å². The number of hydrogen-bond donors (Lipinski definition) is 0. The molecule has 0 saturated carbocycles. The molecule has 2 heterocycles. The summed E-state index contributed by atoms with van der Waals surface area (Å²) < 4.78 is 0. The van der Waals surface area contributed by atoms with Gasteiger partial charge in [-0.3, -0.25) is 0 Å². The quantitative estimate of drug-likeness (QED) is 0.172. The number of hydrogen-bond acceptors (Lipinski definition) is 2. The minimum absolute atomic E-state index is 0.140. The lowest BCUT2D eigenvalue weighted by Gasteiger charge is -2.35. The SMILES string of the molecule is Cc1ccc2c(c1-c1ccc(-c3cc(-c4ccccc4)c(-c4ccccc4)c(-c4ccccc4)c3-c3ccccc3)cc1)Sc1ncccc1C2(C)C. The molecule has 254 valence electrons. The molecule has 1 aliphatic rings. The number of fused-ring (bicyclic) bond motifs is 2. The maximum absolute atomic E-state index is 4.83. The van der Waals surface area contributed by atoms with E-state index in [4.69, 9.17) is 4.98 Å². The molecule has 0 amide bonds. The summed E-state index contributed by atoms with van der Waals surface area (Å²) in [5.41, 5.74) is 18.4. The molecule has 2 heteroatoms. The van der Waals surface area contributed by atoms with Crippen LogP contribution in [-0.4, -0.2) is 4.98 Å². The van der Waals surface area contributed by atoms with Gasteiger partial charge >= 0.3 is 0 Å². The number of rotatable bonds is 6. The van der Waals surface area contributed by atoms with Crippen LogP contribution in [0, 0.1) is 6.92 Å². The van der Waals surface area contributed by atoms with E-state index in [0.717, 1.165) is 5.03 Å². The molecule has 9 rings (SSSR count). The van der Waals surface area contributed by atoms with Gasteiger partial charge in [0.05, 0.1) is 0 Å². The summed E-state index contributed by atoms with van der Waals surface area (Å²) in [4.78, 5) is 6.14. The molecule has 1 aromatic heterocycles. The molecular formula is C51H39NS. The van der Waals surface area contributed by atoms with Crippen LogP contribution in [0.4, 0.5) is 0 Å². The molecule has 0 saturated heterocycles. The van der Waals surface area contributed by atoms with Crippen molar-refractivity contribution in [2.75, 3.05) is 0 Å². The van der Waals surface area contributed by atoms with Crippen LogP contribution < -0.4 is 0 Å². The zero-order chi connectivity index (χ0) is 35.9. The van der Waals surface area contributed by atoms with Gasteiger partial charge < -0.3 is 0 Å². The van der Waals surface area contributed by atoms with E-state index in [1.54, 1.807) is 0 Å². The summed E-state index contributed by atoms with van der Waals surface area (Å²) in [6, 6.07) is 64.2. The summed E-state index contributed by atoms with van der Waals surface area (Å²) >= 11 is 1.81. The van der Waals surface area contributed by atoms with Crippen LogP contribution in [-0.2, 0) is 5.41 Å². The second-order valence-corrected chi connectivity index (χ2v) is 15.4. The molecular weight excluding hydrogens is 659 g/mol. The zero-order valence-corrected chi connectivity index (χ0v) is 31.0. The largest absolute Gasteiger partial charge is 0.249 e. The van der Waals surface area contributed by atoms with Crippen LogP contribution in [0.2, 0.25) is 0 Å². The van der Waals surface area contributed by atoms with Crippen molar-refractivity contribution in [1.82, 2.24) is 4.98 Å². The first-order valence-electron chi connectivity index (χ1n) is 18.3. The maximum Gasteiger partial charge on any atom is 0.105 e. The number of aromatic nitrogens is 1. The molecule has 0 aliphatic carbocycles. The monoisotopic (exact) mass is 697 g/mol. The first kappa shape index (κ1) is 32.9. The maximum atomic E-state index is 4.83. The van der Waals surface area contributed by atoms with E-state index in [0.29, 0.717) is 0 Å². The summed E-state index contributed by atoms with van der Waals surface area (Å²) in [7, 11) is 0. The van der Waals surface area contributed by atoms with E-state index in [1.165, 1.54) is 88.3 Å². The van der Waals surface area contributed by atoms with E-state index >= 15 is 0 Å². The van der Waals surface area contributed by atoms with Gasteiger partial charge in [0.25, 0.3) is 0 Å². The van der Waals surface area contributed by atoms with E-state index in [1.807, 2.05) is 18.0 Å². The second-order valence-electron chi connectivity index (χ2n) is 14.4. The molecule has 0 radical (unpaired) electrons. The predicted octanol–water partition coefficient (Wildman–Crippen LogP) is 14.2. The van der Waals surface area contributed by atoms with Gasteiger partial charge in [-0.05, 0) is 103 Å². The van der Waals surface area contributed by atoms with E-state index in [-0.39, 0.29) is 5.41 Å². The Labute approximate surface area is 317 Å². The van der Waals surface area contributed by atoms with Gasteiger partial charge in [0.2, 0.25) is 0 Å². The zero-order valence-electron chi connectivity index (χ0n) is 30.2. The van der Waals surface area contributed by atoms with E-state index in [2.05, 4.69) is 197 Å².